The van der Waals surface area contributed by atoms with Crippen molar-refractivity contribution < 1.29 is 0 Å². The fourth-order valence-electron chi connectivity index (χ4n) is 1.85. The molecule has 84 valence electrons. The Kier molecular flexibility index (Phi) is 3.15. The van der Waals surface area contributed by atoms with Gasteiger partial charge >= 0.3 is 0 Å². The highest BCUT2D eigenvalue weighted by Gasteiger charge is 2.21. The van der Waals surface area contributed by atoms with E-state index in [1.807, 2.05) is 6.26 Å². The second kappa shape index (κ2) is 4.58. The van der Waals surface area contributed by atoms with Crippen LogP contribution in [0.5, 0.6) is 0 Å². The van der Waals surface area contributed by atoms with Gasteiger partial charge < -0.3 is 10.6 Å². The maximum absolute atomic E-state index is 9.17. The van der Waals surface area contributed by atoms with Crippen molar-refractivity contribution in [3.05, 3.63) is 5.56 Å². The van der Waals surface area contributed by atoms with Crippen LogP contribution in [-0.2, 0) is 0 Å². The molecule has 1 aliphatic rings. The van der Waals surface area contributed by atoms with E-state index in [1.54, 1.807) is 0 Å². The van der Waals surface area contributed by atoms with E-state index in [-0.39, 0.29) is 5.95 Å². The Morgan fingerprint density at radius 3 is 2.62 bits per heavy atom. The molecular weight excluding hydrogens is 222 g/mol. The molecule has 0 aromatic carbocycles. The van der Waals surface area contributed by atoms with Gasteiger partial charge in [-0.2, -0.15) is 10.2 Å². The minimum Gasteiger partial charge on any atom is -0.368 e. The van der Waals surface area contributed by atoms with Gasteiger partial charge in [0.25, 0.3) is 0 Å². The Hall–Kier alpha value is -1.48. The van der Waals surface area contributed by atoms with Gasteiger partial charge in [-0.1, -0.05) is 0 Å². The number of anilines is 2. The fourth-order valence-corrected chi connectivity index (χ4v) is 2.37. The lowest BCUT2D eigenvalue weighted by atomic mass is 10.3. The molecule has 1 aromatic heterocycles. The van der Waals surface area contributed by atoms with E-state index in [1.165, 1.54) is 11.8 Å². The molecule has 1 saturated heterocycles. The Morgan fingerprint density at radius 2 is 2.06 bits per heavy atom. The predicted molar refractivity (Wildman–Crippen MR) is 64.4 cm³/mol. The molecule has 5 nitrogen and oxygen atoms in total. The monoisotopic (exact) mass is 235 g/mol. The van der Waals surface area contributed by atoms with Crippen LogP contribution in [0.15, 0.2) is 5.03 Å². The summed E-state index contributed by atoms with van der Waals surface area (Å²) in [4.78, 5) is 10.4. The summed E-state index contributed by atoms with van der Waals surface area (Å²) >= 11 is 1.43. The molecule has 2 rings (SSSR count). The predicted octanol–water partition coefficient (Wildman–Crippen LogP) is 1.25. The van der Waals surface area contributed by atoms with Crippen LogP contribution in [0, 0.1) is 11.3 Å². The third-order valence-electron chi connectivity index (χ3n) is 2.58. The molecule has 0 radical (unpaired) electrons. The number of nitrogens with two attached hydrogens (primary N) is 1. The van der Waals surface area contributed by atoms with Crippen LogP contribution >= 0.6 is 11.8 Å². The molecule has 6 heteroatoms. The quantitative estimate of drug-likeness (QED) is 0.614. The molecule has 2 N–H and O–H groups in total. The first-order chi connectivity index (χ1) is 7.76. The number of nitriles is 1. The lowest BCUT2D eigenvalue weighted by Gasteiger charge is -2.18. The lowest BCUT2D eigenvalue weighted by Crippen LogP contribution is -2.21. The molecule has 0 atom stereocenters. The highest BCUT2D eigenvalue weighted by Crippen LogP contribution is 2.28. The average molecular weight is 235 g/mol. The highest BCUT2D eigenvalue weighted by atomic mass is 32.2. The second-order valence-electron chi connectivity index (χ2n) is 3.60. The maximum Gasteiger partial charge on any atom is 0.223 e. The summed E-state index contributed by atoms with van der Waals surface area (Å²) in [5.41, 5.74) is 6.20. The molecule has 0 spiro atoms. The normalized spacial score (nSPS) is 15.1. The highest BCUT2D eigenvalue weighted by molar-refractivity contribution is 7.98. The van der Waals surface area contributed by atoms with Crippen LogP contribution in [0.3, 0.4) is 0 Å². The summed E-state index contributed by atoms with van der Waals surface area (Å²) in [7, 11) is 0. The fraction of sp³-hybridized carbons (Fsp3) is 0.500. The summed E-state index contributed by atoms with van der Waals surface area (Å²) in [6.07, 6.45) is 4.17. The molecule has 0 unspecified atom stereocenters. The molecule has 16 heavy (non-hydrogen) atoms. The van der Waals surface area contributed by atoms with Crippen molar-refractivity contribution in [2.75, 3.05) is 30.0 Å². The second-order valence-corrected chi connectivity index (χ2v) is 4.39. The Bertz CT molecular complexity index is 434. The minimum atomic E-state index is 0.241. The van der Waals surface area contributed by atoms with Gasteiger partial charge in [0.1, 0.15) is 16.7 Å². The lowest BCUT2D eigenvalue weighted by molar-refractivity contribution is 0.907. The van der Waals surface area contributed by atoms with Crippen molar-refractivity contribution in [2.24, 2.45) is 0 Å². The van der Waals surface area contributed by atoms with Crippen LogP contribution in [0.25, 0.3) is 0 Å². The topological polar surface area (TPSA) is 78.8 Å². The summed E-state index contributed by atoms with van der Waals surface area (Å²) < 4.78 is 0. The van der Waals surface area contributed by atoms with Crippen LogP contribution < -0.4 is 10.6 Å². The molecular formula is C10H13N5S. The zero-order valence-corrected chi connectivity index (χ0v) is 9.92. The Morgan fingerprint density at radius 1 is 1.38 bits per heavy atom. The van der Waals surface area contributed by atoms with Crippen molar-refractivity contribution in [3.63, 3.8) is 0 Å². The van der Waals surface area contributed by atoms with Crippen LogP contribution in [0.2, 0.25) is 0 Å². The van der Waals surface area contributed by atoms with Crippen LogP contribution in [-0.4, -0.2) is 29.3 Å². The van der Waals surface area contributed by atoms with E-state index < -0.39 is 0 Å². The molecule has 1 aliphatic heterocycles. The molecule has 1 fully saturated rings. The van der Waals surface area contributed by atoms with Crippen LogP contribution in [0.1, 0.15) is 18.4 Å². The van der Waals surface area contributed by atoms with E-state index >= 15 is 0 Å². The number of rotatable bonds is 2. The Balaban J connectivity index is 2.49. The number of hydrogen-bond donors (Lipinski definition) is 1. The zero-order chi connectivity index (χ0) is 11.5. The summed E-state index contributed by atoms with van der Waals surface area (Å²) in [6, 6.07) is 2.18. The van der Waals surface area contributed by atoms with Crippen molar-refractivity contribution >= 4 is 23.5 Å². The van der Waals surface area contributed by atoms with Crippen molar-refractivity contribution in [2.45, 2.75) is 17.9 Å². The third kappa shape index (κ3) is 1.91. The van der Waals surface area contributed by atoms with E-state index in [2.05, 4.69) is 20.9 Å². The Labute approximate surface area is 98.7 Å². The van der Waals surface area contributed by atoms with E-state index in [9.17, 15) is 5.26 Å². The third-order valence-corrected chi connectivity index (χ3v) is 3.27. The number of nitrogen functional groups attached to an aromatic ring is 1. The summed E-state index contributed by atoms with van der Waals surface area (Å²) in [5.74, 6) is 0.932. The van der Waals surface area contributed by atoms with Crippen molar-refractivity contribution in [3.8, 4) is 6.07 Å². The van der Waals surface area contributed by atoms with E-state index in [0.717, 1.165) is 25.9 Å². The van der Waals surface area contributed by atoms with E-state index in [4.69, 9.17) is 5.73 Å². The van der Waals surface area contributed by atoms with Gasteiger partial charge in [0.2, 0.25) is 5.95 Å². The van der Waals surface area contributed by atoms with Gasteiger partial charge in [-0.05, 0) is 19.1 Å². The maximum atomic E-state index is 9.17. The van der Waals surface area contributed by atoms with Gasteiger partial charge in [0, 0.05) is 13.1 Å². The first-order valence-corrected chi connectivity index (χ1v) is 6.35. The molecule has 2 heterocycles. The first kappa shape index (κ1) is 11.0. The minimum absolute atomic E-state index is 0.241. The van der Waals surface area contributed by atoms with Gasteiger partial charge in [-0.15, -0.1) is 11.8 Å². The van der Waals surface area contributed by atoms with Crippen molar-refractivity contribution in [1.82, 2.24) is 9.97 Å². The SMILES string of the molecule is CSc1nc(N)nc(N2CCCC2)c1C#N. The van der Waals surface area contributed by atoms with Gasteiger partial charge in [0.15, 0.2) is 5.82 Å². The number of aromatic nitrogens is 2. The van der Waals surface area contributed by atoms with E-state index in [0.29, 0.717) is 16.4 Å². The summed E-state index contributed by atoms with van der Waals surface area (Å²) in [5, 5.41) is 9.83. The molecule has 0 saturated carbocycles. The van der Waals surface area contributed by atoms with Gasteiger partial charge in [-0.3, -0.25) is 0 Å². The number of thioether (sulfide) groups is 1. The molecule has 1 aromatic rings. The molecule has 0 aliphatic carbocycles. The average Bonchev–Trinajstić information content (AvgIpc) is 2.81. The van der Waals surface area contributed by atoms with Gasteiger partial charge in [0.05, 0.1) is 0 Å². The molecule has 0 amide bonds. The zero-order valence-electron chi connectivity index (χ0n) is 9.10. The van der Waals surface area contributed by atoms with Crippen LogP contribution in [0.4, 0.5) is 11.8 Å². The smallest absolute Gasteiger partial charge is 0.223 e. The standard InChI is InChI=1S/C10H13N5S/c1-16-9-7(6-11)8(13-10(12)14-9)15-4-2-3-5-15/h2-5H2,1H3,(H2,12,13,14). The molecule has 0 bridgehead atoms. The number of nitrogens with zero attached hydrogens (tertiary/aromatic N) is 4. The number of hydrogen-bond acceptors (Lipinski definition) is 6. The van der Waals surface area contributed by atoms with Crippen molar-refractivity contribution in [1.29, 1.82) is 5.26 Å². The first-order valence-electron chi connectivity index (χ1n) is 5.13. The summed E-state index contributed by atoms with van der Waals surface area (Å²) in [6.45, 7) is 1.89. The largest absolute Gasteiger partial charge is 0.368 e. The van der Waals surface area contributed by atoms with Gasteiger partial charge in [-0.25, -0.2) is 4.98 Å².